The third-order valence-corrected chi connectivity index (χ3v) is 5.44. The van der Waals surface area contributed by atoms with Gasteiger partial charge in [0.25, 0.3) is 0 Å². The summed E-state index contributed by atoms with van der Waals surface area (Å²) in [5, 5.41) is 3.95. The molecule has 2 aromatic heterocycles. The summed E-state index contributed by atoms with van der Waals surface area (Å²) in [7, 11) is -1.77. The van der Waals surface area contributed by atoms with Crippen LogP contribution in [0.1, 0.15) is 24.4 Å². The zero-order valence-electron chi connectivity index (χ0n) is 11.2. The third kappa shape index (κ3) is 2.23. The summed E-state index contributed by atoms with van der Waals surface area (Å²) in [5.74, 6) is 0. The normalized spacial score (nSPS) is 20.4. The van der Waals surface area contributed by atoms with Crippen LogP contribution in [0.5, 0.6) is 0 Å². The van der Waals surface area contributed by atoms with Crippen LogP contribution in [-0.4, -0.2) is 34.0 Å². The number of hydrogen-bond donors (Lipinski definition) is 0. The van der Waals surface area contributed by atoms with Crippen LogP contribution in [0.25, 0.3) is 0 Å². The molecule has 106 valence electrons. The molecule has 0 spiro atoms. The molecule has 0 bridgehead atoms. The van der Waals surface area contributed by atoms with Crippen molar-refractivity contribution in [2.75, 3.05) is 6.54 Å². The number of pyridine rings is 1. The van der Waals surface area contributed by atoms with E-state index in [2.05, 4.69) is 10.1 Å². The maximum Gasteiger partial charge on any atom is 0.246 e. The molecule has 1 saturated heterocycles. The first kappa shape index (κ1) is 13.3. The van der Waals surface area contributed by atoms with Gasteiger partial charge in [-0.1, -0.05) is 0 Å². The first-order valence-electron chi connectivity index (χ1n) is 6.49. The van der Waals surface area contributed by atoms with Gasteiger partial charge in [-0.3, -0.25) is 9.67 Å². The minimum absolute atomic E-state index is 0.108. The molecule has 0 unspecified atom stereocenters. The lowest BCUT2D eigenvalue weighted by Crippen LogP contribution is -2.30. The van der Waals surface area contributed by atoms with E-state index in [1.807, 2.05) is 12.1 Å². The van der Waals surface area contributed by atoms with E-state index in [9.17, 15) is 8.42 Å². The lowest BCUT2D eigenvalue weighted by atomic mass is 10.1. The SMILES string of the molecule is Cn1cc(S(=O)(=O)N2CCC[C@H]2c2ccncc2)cn1. The van der Waals surface area contributed by atoms with Gasteiger partial charge in [0.05, 0.1) is 12.2 Å². The predicted molar refractivity (Wildman–Crippen MR) is 73.3 cm³/mol. The summed E-state index contributed by atoms with van der Waals surface area (Å²) < 4.78 is 28.5. The van der Waals surface area contributed by atoms with Crippen molar-refractivity contribution in [3.05, 3.63) is 42.5 Å². The van der Waals surface area contributed by atoms with Gasteiger partial charge in [0, 0.05) is 32.2 Å². The Kier molecular flexibility index (Phi) is 3.31. The predicted octanol–water partition coefficient (Wildman–Crippen LogP) is 1.34. The molecular formula is C13H16N4O2S. The minimum atomic E-state index is -3.49. The molecule has 6 nitrogen and oxygen atoms in total. The quantitative estimate of drug-likeness (QED) is 0.856. The van der Waals surface area contributed by atoms with Crippen molar-refractivity contribution in [3.63, 3.8) is 0 Å². The van der Waals surface area contributed by atoms with Gasteiger partial charge in [0.15, 0.2) is 0 Å². The molecular weight excluding hydrogens is 276 g/mol. The van der Waals surface area contributed by atoms with Crippen LogP contribution in [0.15, 0.2) is 41.8 Å². The molecule has 3 rings (SSSR count). The molecule has 1 aliphatic heterocycles. The number of aromatic nitrogens is 3. The highest BCUT2D eigenvalue weighted by atomic mass is 32.2. The fourth-order valence-electron chi connectivity index (χ4n) is 2.61. The Balaban J connectivity index is 1.97. The Morgan fingerprint density at radius 1 is 1.30 bits per heavy atom. The van der Waals surface area contributed by atoms with Crippen molar-refractivity contribution in [2.24, 2.45) is 7.05 Å². The maximum atomic E-state index is 12.7. The first-order valence-corrected chi connectivity index (χ1v) is 7.93. The molecule has 1 aliphatic rings. The first-order chi connectivity index (χ1) is 9.59. The molecule has 0 amide bonds. The highest BCUT2D eigenvalue weighted by Gasteiger charge is 2.36. The summed E-state index contributed by atoms with van der Waals surface area (Å²) in [6.07, 6.45) is 8.04. The summed E-state index contributed by atoms with van der Waals surface area (Å²) in [6.45, 7) is 0.546. The molecule has 0 aliphatic carbocycles. The highest BCUT2D eigenvalue weighted by Crippen LogP contribution is 2.35. The van der Waals surface area contributed by atoms with E-state index >= 15 is 0 Å². The number of aryl methyl sites for hydroxylation is 1. The number of rotatable bonds is 3. The number of nitrogens with zero attached hydrogens (tertiary/aromatic N) is 4. The summed E-state index contributed by atoms with van der Waals surface area (Å²) in [4.78, 5) is 4.24. The van der Waals surface area contributed by atoms with Crippen LogP contribution in [0.3, 0.4) is 0 Å². The van der Waals surface area contributed by atoms with Gasteiger partial charge >= 0.3 is 0 Å². The van der Waals surface area contributed by atoms with Crippen molar-refractivity contribution in [3.8, 4) is 0 Å². The topological polar surface area (TPSA) is 68.1 Å². The summed E-state index contributed by atoms with van der Waals surface area (Å²) >= 11 is 0. The molecule has 0 radical (unpaired) electrons. The monoisotopic (exact) mass is 292 g/mol. The molecule has 0 N–H and O–H groups in total. The van der Waals surface area contributed by atoms with Crippen molar-refractivity contribution >= 4 is 10.0 Å². The minimum Gasteiger partial charge on any atom is -0.274 e. The van der Waals surface area contributed by atoms with Gasteiger partial charge in [-0.25, -0.2) is 8.42 Å². The van der Waals surface area contributed by atoms with E-state index in [0.717, 1.165) is 18.4 Å². The second kappa shape index (κ2) is 4.99. The van der Waals surface area contributed by atoms with Crippen LogP contribution < -0.4 is 0 Å². The van der Waals surface area contributed by atoms with E-state index < -0.39 is 10.0 Å². The molecule has 20 heavy (non-hydrogen) atoms. The van der Waals surface area contributed by atoms with E-state index in [4.69, 9.17) is 0 Å². The van der Waals surface area contributed by atoms with E-state index in [1.165, 1.54) is 17.1 Å². The molecule has 2 aromatic rings. The average molecular weight is 292 g/mol. The molecule has 3 heterocycles. The molecule has 0 aromatic carbocycles. The van der Waals surface area contributed by atoms with E-state index in [-0.39, 0.29) is 10.9 Å². The molecule has 1 atom stereocenters. The maximum absolute atomic E-state index is 12.7. The third-order valence-electron chi connectivity index (χ3n) is 3.58. The van der Waals surface area contributed by atoms with Gasteiger partial charge in [-0.15, -0.1) is 0 Å². The summed E-state index contributed by atoms with van der Waals surface area (Å²) in [6, 6.07) is 3.65. The van der Waals surface area contributed by atoms with Crippen LogP contribution in [0.4, 0.5) is 0 Å². The van der Waals surface area contributed by atoms with Crippen molar-refractivity contribution in [1.82, 2.24) is 19.1 Å². The Morgan fingerprint density at radius 2 is 2.05 bits per heavy atom. The second-order valence-electron chi connectivity index (χ2n) is 4.90. The smallest absolute Gasteiger partial charge is 0.246 e. The standard InChI is InChI=1S/C13H16N4O2S/c1-16-10-12(9-15-16)20(18,19)17-8-2-3-13(17)11-4-6-14-7-5-11/h4-7,9-10,13H,2-3,8H2,1H3/t13-/m0/s1. The lowest BCUT2D eigenvalue weighted by molar-refractivity contribution is 0.396. The Hall–Kier alpha value is -1.73. The summed E-state index contributed by atoms with van der Waals surface area (Å²) in [5.41, 5.74) is 0.991. The zero-order chi connectivity index (χ0) is 14.2. The van der Waals surface area contributed by atoms with Crippen molar-refractivity contribution in [1.29, 1.82) is 0 Å². The Bertz CT molecular complexity index is 696. The van der Waals surface area contributed by atoms with E-state index in [0.29, 0.717) is 6.54 Å². The lowest BCUT2D eigenvalue weighted by Gasteiger charge is -2.23. The van der Waals surface area contributed by atoms with Crippen LogP contribution in [-0.2, 0) is 17.1 Å². The van der Waals surface area contributed by atoms with Crippen LogP contribution in [0, 0.1) is 0 Å². The van der Waals surface area contributed by atoms with Gasteiger partial charge < -0.3 is 0 Å². The van der Waals surface area contributed by atoms with Crippen molar-refractivity contribution in [2.45, 2.75) is 23.8 Å². The average Bonchev–Trinajstić information content (AvgIpc) is 3.08. The number of sulfonamides is 1. The fourth-order valence-corrected chi connectivity index (χ4v) is 4.28. The fraction of sp³-hybridized carbons (Fsp3) is 0.385. The van der Waals surface area contributed by atoms with Gasteiger partial charge in [-0.2, -0.15) is 9.40 Å². The molecule has 0 saturated carbocycles. The Morgan fingerprint density at radius 3 is 2.70 bits per heavy atom. The highest BCUT2D eigenvalue weighted by molar-refractivity contribution is 7.89. The van der Waals surface area contributed by atoms with Gasteiger partial charge in [0.2, 0.25) is 10.0 Å². The molecule has 1 fully saturated rings. The van der Waals surface area contributed by atoms with Crippen molar-refractivity contribution < 1.29 is 8.42 Å². The van der Waals surface area contributed by atoms with Gasteiger partial charge in [0.1, 0.15) is 4.90 Å². The largest absolute Gasteiger partial charge is 0.274 e. The van der Waals surface area contributed by atoms with E-state index in [1.54, 1.807) is 23.7 Å². The van der Waals surface area contributed by atoms with Crippen LogP contribution >= 0.6 is 0 Å². The van der Waals surface area contributed by atoms with Crippen LogP contribution in [0.2, 0.25) is 0 Å². The number of hydrogen-bond acceptors (Lipinski definition) is 4. The molecule has 7 heteroatoms. The van der Waals surface area contributed by atoms with Gasteiger partial charge in [-0.05, 0) is 30.5 Å². The Labute approximate surface area is 118 Å². The zero-order valence-corrected chi connectivity index (χ0v) is 12.0. The second-order valence-corrected chi connectivity index (χ2v) is 6.79.